The number of hydrogen-bond donors (Lipinski definition) is 3. The van der Waals surface area contributed by atoms with Gasteiger partial charge in [-0.3, -0.25) is 4.79 Å². The van der Waals surface area contributed by atoms with Crippen molar-refractivity contribution in [3.63, 3.8) is 0 Å². The first-order valence-corrected chi connectivity index (χ1v) is 8.16. The molecule has 1 aliphatic heterocycles. The SMILES string of the molecule is O=C(O)CCc1ccccc1NC(=O)NCC1CCCS1. The minimum atomic E-state index is -0.840. The second-order valence-corrected chi connectivity index (χ2v) is 6.43. The van der Waals surface area contributed by atoms with E-state index in [9.17, 15) is 9.59 Å². The Morgan fingerprint density at radius 2 is 2.14 bits per heavy atom. The third kappa shape index (κ3) is 5.30. The van der Waals surface area contributed by atoms with Crippen LogP contribution in [0.25, 0.3) is 0 Å². The van der Waals surface area contributed by atoms with E-state index in [1.165, 1.54) is 12.2 Å². The van der Waals surface area contributed by atoms with Gasteiger partial charge in [0.1, 0.15) is 0 Å². The fourth-order valence-corrected chi connectivity index (χ4v) is 3.48. The van der Waals surface area contributed by atoms with Crippen LogP contribution in [0.1, 0.15) is 24.8 Å². The number of carboxylic acids is 1. The molecule has 0 aliphatic carbocycles. The average Bonchev–Trinajstić information content (AvgIpc) is 2.97. The molecule has 1 aromatic rings. The molecule has 1 fully saturated rings. The fourth-order valence-electron chi connectivity index (χ4n) is 2.28. The number of benzene rings is 1. The summed E-state index contributed by atoms with van der Waals surface area (Å²) in [4.78, 5) is 22.6. The number of carbonyl (C=O) groups is 2. The van der Waals surface area contributed by atoms with E-state index in [1.807, 2.05) is 30.0 Å². The molecule has 0 saturated carbocycles. The second kappa shape index (κ2) is 7.93. The zero-order valence-corrected chi connectivity index (χ0v) is 12.6. The molecule has 2 rings (SSSR count). The quantitative estimate of drug-likeness (QED) is 0.755. The van der Waals surface area contributed by atoms with Crippen molar-refractivity contribution in [1.82, 2.24) is 5.32 Å². The number of nitrogens with one attached hydrogen (secondary N) is 2. The average molecular weight is 308 g/mol. The van der Waals surface area contributed by atoms with Gasteiger partial charge in [-0.25, -0.2) is 4.79 Å². The maximum absolute atomic E-state index is 11.9. The molecule has 2 amide bonds. The maximum Gasteiger partial charge on any atom is 0.319 e. The molecule has 1 saturated heterocycles. The van der Waals surface area contributed by atoms with Crippen LogP contribution in [-0.4, -0.2) is 34.7 Å². The standard InChI is InChI=1S/C15H20N2O3S/c18-14(19)8-7-11-4-1-2-6-13(11)17-15(20)16-10-12-5-3-9-21-12/h1-2,4,6,12H,3,5,7-10H2,(H,18,19)(H2,16,17,20). The molecular weight excluding hydrogens is 288 g/mol. The van der Waals surface area contributed by atoms with E-state index in [0.717, 1.165) is 12.0 Å². The molecule has 5 nitrogen and oxygen atoms in total. The highest BCUT2D eigenvalue weighted by molar-refractivity contribution is 8.00. The van der Waals surface area contributed by atoms with Gasteiger partial charge in [0.2, 0.25) is 0 Å². The molecule has 6 heteroatoms. The Labute approximate surface area is 128 Å². The van der Waals surface area contributed by atoms with E-state index in [2.05, 4.69) is 10.6 Å². The smallest absolute Gasteiger partial charge is 0.319 e. The molecule has 1 aromatic carbocycles. The summed E-state index contributed by atoms with van der Waals surface area (Å²) in [5.74, 6) is 0.332. The van der Waals surface area contributed by atoms with Crippen molar-refractivity contribution in [2.75, 3.05) is 17.6 Å². The van der Waals surface area contributed by atoms with Crippen LogP contribution in [0.5, 0.6) is 0 Å². The van der Waals surface area contributed by atoms with Gasteiger partial charge >= 0.3 is 12.0 Å². The van der Waals surface area contributed by atoms with E-state index >= 15 is 0 Å². The van der Waals surface area contributed by atoms with Crippen LogP contribution < -0.4 is 10.6 Å². The highest BCUT2D eigenvalue weighted by atomic mass is 32.2. The second-order valence-electron chi connectivity index (χ2n) is 5.02. The highest BCUT2D eigenvalue weighted by Crippen LogP contribution is 2.25. The van der Waals surface area contributed by atoms with Crippen LogP contribution in [0.15, 0.2) is 24.3 Å². The lowest BCUT2D eigenvalue weighted by Gasteiger charge is -2.13. The number of rotatable bonds is 6. The number of aryl methyl sites for hydroxylation is 1. The summed E-state index contributed by atoms with van der Waals surface area (Å²) in [7, 11) is 0. The minimum Gasteiger partial charge on any atom is -0.481 e. The summed E-state index contributed by atoms with van der Waals surface area (Å²) >= 11 is 1.90. The number of carbonyl (C=O) groups excluding carboxylic acids is 1. The van der Waals surface area contributed by atoms with Crippen molar-refractivity contribution in [3.05, 3.63) is 29.8 Å². The molecule has 1 atom stereocenters. The van der Waals surface area contributed by atoms with Gasteiger partial charge in [-0.1, -0.05) is 18.2 Å². The Balaban J connectivity index is 1.85. The zero-order chi connectivity index (χ0) is 15.1. The molecule has 21 heavy (non-hydrogen) atoms. The third-order valence-corrected chi connectivity index (χ3v) is 4.79. The lowest BCUT2D eigenvalue weighted by Crippen LogP contribution is -2.33. The number of hydrogen-bond acceptors (Lipinski definition) is 3. The first kappa shape index (κ1) is 15.7. The van der Waals surface area contributed by atoms with E-state index < -0.39 is 5.97 Å². The van der Waals surface area contributed by atoms with Crippen molar-refractivity contribution in [1.29, 1.82) is 0 Å². The number of thioether (sulfide) groups is 1. The summed E-state index contributed by atoms with van der Waals surface area (Å²) in [6.45, 7) is 0.674. The van der Waals surface area contributed by atoms with E-state index in [-0.39, 0.29) is 12.5 Å². The Kier molecular flexibility index (Phi) is 5.92. The van der Waals surface area contributed by atoms with Crippen molar-refractivity contribution in [2.24, 2.45) is 0 Å². The van der Waals surface area contributed by atoms with Gasteiger partial charge in [0.05, 0.1) is 0 Å². The van der Waals surface area contributed by atoms with Gasteiger partial charge in [0.15, 0.2) is 0 Å². The summed E-state index contributed by atoms with van der Waals surface area (Å²) in [5, 5.41) is 14.9. The first-order chi connectivity index (χ1) is 10.1. The van der Waals surface area contributed by atoms with Gasteiger partial charge in [0, 0.05) is 23.9 Å². The largest absolute Gasteiger partial charge is 0.481 e. The van der Waals surface area contributed by atoms with Crippen LogP contribution in [0.4, 0.5) is 10.5 Å². The Morgan fingerprint density at radius 1 is 1.33 bits per heavy atom. The van der Waals surface area contributed by atoms with Crippen LogP contribution >= 0.6 is 11.8 Å². The van der Waals surface area contributed by atoms with E-state index in [4.69, 9.17) is 5.11 Å². The van der Waals surface area contributed by atoms with E-state index in [0.29, 0.717) is 23.9 Å². The van der Waals surface area contributed by atoms with Gasteiger partial charge in [-0.15, -0.1) is 0 Å². The van der Waals surface area contributed by atoms with Gasteiger partial charge in [-0.2, -0.15) is 11.8 Å². The monoisotopic (exact) mass is 308 g/mol. The molecule has 3 N–H and O–H groups in total. The number of amides is 2. The predicted molar refractivity (Wildman–Crippen MR) is 84.9 cm³/mol. The highest BCUT2D eigenvalue weighted by Gasteiger charge is 2.16. The van der Waals surface area contributed by atoms with Gasteiger partial charge < -0.3 is 15.7 Å². The van der Waals surface area contributed by atoms with Gasteiger partial charge in [-0.05, 0) is 36.6 Å². The van der Waals surface area contributed by atoms with Crippen LogP contribution in [0.2, 0.25) is 0 Å². The minimum absolute atomic E-state index is 0.0546. The van der Waals surface area contributed by atoms with Crippen molar-refractivity contribution in [3.8, 4) is 0 Å². The molecule has 0 aromatic heterocycles. The topological polar surface area (TPSA) is 78.4 Å². The number of anilines is 1. The molecule has 1 aliphatic rings. The normalized spacial score (nSPS) is 17.4. The van der Waals surface area contributed by atoms with Gasteiger partial charge in [0.25, 0.3) is 0 Å². The number of carboxylic acid groups (broad SMARTS) is 1. The molecular formula is C15H20N2O3S. The summed E-state index contributed by atoms with van der Waals surface area (Å²) in [6, 6.07) is 7.07. The summed E-state index contributed by atoms with van der Waals surface area (Å²) in [6.07, 6.45) is 2.83. The lowest BCUT2D eigenvalue weighted by molar-refractivity contribution is -0.136. The third-order valence-electron chi connectivity index (χ3n) is 3.39. The predicted octanol–water partition coefficient (Wildman–Crippen LogP) is 2.72. The molecule has 114 valence electrons. The first-order valence-electron chi connectivity index (χ1n) is 7.11. The van der Waals surface area contributed by atoms with Crippen molar-refractivity contribution < 1.29 is 14.7 Å². The number of aliphatic carboxylic acids is 1. The van der Waals surface area contributed by atoms with Crippen LogP contribution in [0.3, 0.4) is 0 Å². The Bertz CT molecular complexity index is 501. The maximum atomic E-state index is 11.9. The number of para-hydroxylation sites is 1. The molecule has 0 spiro atoms. The van der Waals surface area contributed by atoms with Crippen molar-refractivity contribution >= 4 is 29.4 Å². The zero-order valence-electron chi connectivity index (χ0n) is 11.8. The van der Waals surface area contributed by atoms with Crippen LogP contribution in [-0.2, 0) is 11.2 Å². The Hall–Kier alpha value is -1.69. The number of urea groups is 1. The lowest BCUT2D eigenvalue weighted by atomic mass is 10.1. The van der Waals surface area contributed by atoms with E-state index in [1.54, 1.807) is 6.07 Å². The Morgan fingerprint density at radius 3 is 2.86 bits per heavy atom. The molecule has 1 heterocycles. The molecule has 0 bridgehead atoms. The fraction of sp³-hybridized carbons (Fsp3) is 0.467. The summed E-state index contributed by atoms with van der Waals surface area (Å²) < 4.78 is 0. The van der Waals surface area contributed by atoms with Crippen molar-refractivity contribution in [2.45, 2.75) is 30.9 Å². The molecule has 0 radical (unpaired) electrons. The van der Waals surface area contributed by atoms with Crippen LogP contribution in [0, 0.1) is 0 Å². The summed E-state index contributed by atoms with van der Waals surface area (Å²) in [5.41, 5.74) is 1.51. The molecule has 1 unspecified atom stereocenters.